The van der Waals surface area contributed by atoms with Crippen molar-refractivity contribution >= 4 is 30.7 Å². The van der Waals surface area contributed by atoms with Gasteiger partial charge >= 0.3 is 13.0 Å². The second kappa shape index (κ2) is 6.85. The van der Waals surface area contributed by atoms with Crippen LogP contribution < -0.4 is 10.8 Å². The van der Waals surface area contributed by atoms with E-state index in [0.717, 1.165) is 0 Å². The van der Waals surface area contributed by atoms with Gasteiger partial charge in [-0.15, -0.1) is 5.06 Å². The minimum atomic E-state index is -0.921. The van der Waals surface area contributed by atoms with Gasteiger partial charge in [0.15, 0.2) is 0 Å². The Hall–Kier alpha value is -1.94. The molecule has 0 spiro atoms. The Morgan fingerprint density at radius 1 is 1.32 bits per heavy atom. The summed E-state index contributed by atoms with van der Waals surface area (Å²) in [5.41, 5.74) is 2.15. The van der Waals surface area contributed by atoms with E-state index in [2.05, 4.69) is 15.6 Å². The van der Waals surface area contributed by atoms with Gasteiger partial charge in [0, 0.05) is 19.3 Å². The van der Waals surface area contributed by atoms with Crippen molar-refractivity contribution in [1.82, 2.24) is 15.8 Å². The molecule has 1 saturated heterocycles. The standard InChI is InChI=1S/C9H14BN3O6/c1-10(18)12-11-6(14)2-5-9(17)19-13-7(15)3-4-8(13)16/h12,18H,2-5H2,1H3,(H,11,14). The van der Waals surface area contributed by atoms with Gasteiger partial charge in [-0.1, -0.05) is 0 Å². The molecule has 3 N–H and O–H groups in total. The number of hydrogen-bond acceptors (Lipinski definition) is 7. The summed E-state index contributed by atoms with van der Waals surface area (Å²) in [7, 11) is -0.921. The van der Waals surface area contributed by atoms with Gasteiger partial charge in [-0.2, -0.15) is 0 Å². The third-order valence-corrected chi connectivity index (χ3v) is 2.18. The number of hydrazine groups is 1. The van der Waals surface area contributed by atoms with Crippen molar-refractivity contribution in [2.24, 2.45) is 0 Å². The molecule has 0 atom stereocenters. The molecular weight excluding hydrogens is 257 g/mol. The number of hydrogen-bond donors (Lipinski definition) is 3. The van der Waals surface area contributed by atoms with Gasteiger partial charge in [0.1, 0.15) is 0 Å². The number of hydroxylamine groups is 2. The summed E-state index contributed by atoms with van der Waals surface area (Å²) in [4.78, 5) is 49.3. The van der Waals surface area contributed by atoms with Crippen molar-refractivity contribution in [2.75, 3.05) is 0 Å². The second-order valence-corrected chi connectivity index (χ2v) is 3.91. The predicted octanol–water partition coefficient (Wildman–Crippen LogP) is -1.90. The molecule has 9 nitrogen and oxygen atoms in total. The highest BCUT2D eigenvalue weighted by Gasteiger charge is 2.32. The van der Waals surface area contributed by atoms with Gasteiger partial charge in [0.2, 0.25) is 5.91 Å². The average Bonchev–Trinajstić information content (AvgIpc) is 2.65. The van der Waals surface area contributed by atoms with E-state index in [0.29, 0.717) is 5.06 Å². The lowest BCUT2D eigenvalue weighted by molar-refractivity contribution is -0.197. The first-order valence-electron chi connectivity index (χ1n) is 5.69. The highest BCUT2D eigenvalue weighted by molar-refractivity contribution is 6.45. The van der Waals surface area contributed by atoms with Gasteiger partial charge in [-0.3, -0.25) is 14.4 Å². The molecule has 0 aromatic carbocycles. The van der Waals surface area contributed by atoms with Crippen molar-refractivity contribution in [3.05, 3.63) is 0 Å². The van der Waals surface area contributed by atoms with E-state index in [4.69, 9.17) is 5.02 Å². The molecule has 0 aromatic heterocycles. The number of nitrogens with zero attached hydrogens (tertiary/aromatic N) is 1. The summed E-state index contributed by atoms with van der Waals surface area (Å²) < 4.78 is 0. The maximum Gasteiger partial charge on any atom is 0.392 e. The van der Waals surface area contributed by atoms with Crippen molar-refractivity contribution in [3.63, 3.8) is 0 Å². The summed E-state index contributed by atoms with van der Waals surface area (Å²) in [5.74, 6) is -2.52. The van der Waals surface area contributed by atoms with Crippen LogP contribution in [0.1, 0.15) is 25.7 Å². The minimum absolute atomic E-state index is 0.0188. The van der Waals surface area contributed by atoms with Gasteiger partial charge in [-0.25, -0.2) is 10.1 Å². The fourth-order valence-electron chi connectivity index (χ4n) is 1.27. The highest BCUT2D eigenvalue weighted by atomic mass is 16.7. The normalized spacial score (nSPS) is 14.5. The molecule has 1 fully saturated rings. The maximum absolute atomic E-state index is 11.3. The lowest BCUT2D eigenvalue weighted by Crippen LogP contribution is -2.45. The molecule has 3 amide bonds. The SMILES string of the molecule is CB(O)NNC(=O)CCC(=O)ON1C(=O)CCC1=O. The first kappa shape index (κ1) is 15.1. The molecule has 0 bridgehead atoms. The summed E-state index contributed by atoms with van der Waals surface area (Å²) in [5, 5.41) is 11.5. The Kier molecular flexibility index (Phi) is 5.46. The highest BCUT2D eigenvalue weighted by Crippen LogP contribution is 2.12. The molecule has 1 rings (SSSR count). The molecule has 0 unspecified atom stereocenters. The maximum atomic E-state index is 11.3. The molecule has 1 aliphatic heterocycles. The molecule has 0 radical (unpaired) electrons. The van der Waals surface area contributed by atoms with Crippen LogP contribution in [0.5, 0.6) is 0 Å². The summed E-state index contributed by atoms with van der Waals surface area (Å²) in [6.07, 6.45) is -0.449. The molecule has 19 heavy (non-hydrogen) atoms. The Morgan fingerprint density at radius 2 is 1.89 bits per heavy atom. The summed E-state index contributed by atoms with van der Waals surface area (Å²) in [6.45, 7) is 1.40. The van der Waals surface area contributed by atoms with Crippen LogP contribution in [0.2, 0.25) is 6.82 Å². The number of carbonyl (C=O) groups is 4. The number of rotatable bonds is 6. The van der Waals surface area contributed by atoms with Crippen LogP contribution in [0.25, 0.3) is 0 Å². The van der Waals surface area contributed by atoms with Crippen LogP contribution in [-0.4, -0.2) is 40.8 Å². The zero-order valence-corrected chi connectivity index (χ0v) is 10.3. The van der Waals surface area contributed by atoms with E-state index in [1.165, 1.54) is 6.82 Å². The number of imide groups is 1. The molecule has 1 heterocycles. The molecule has 104 valence electrons. The smallest absolute Gasteiger partial charge is 0.392 e. The molecular formula is C9H14BN3O6. The van der Waals surface area contributed by atoms with Crippen molar-refractivity contribution in [2.45, 2.75) is 32.5 Å². The van der Waals surface area contributed by atoms with E-state index in [1.54, 1.807) is 0 Å². The zero-order valence-electron chi connectivity index (χ0n) is 10.3. The van der Waals surface area contributed by atoms with Crippen molar-refractivity contribution < 1.29 is 29.0 Å². The Bertz CT molecular complexity index is 383. The van der Waals surface area contributed by atoms with E-state index in [-0.39, 0.29) is 25.7 Å². The van der Waals surface area contributed by atoms with Gasteiger partial charge in [-0.05, 0) is 6.82 Å². The molecule has 0 saturated carbocycles. The van der Waals surface area contributed by atoms with Crippen LogP contribution in [0.3, 0.4) is 0 Å². The van der Waals surface area contributed by atoms with E-state index in [1.807, 2.05) is 0 Å². The van der Waals surface area contributed by atoms with Crippen LogP contribution >= 0.6 is 0 Å². The topological polar surface area (TPSA) is 125 Å². The average molecular weight is 271 g/mol. The van der Waals surface area contributed by atoms with Crippen molar-refractivity contribution in [1.29, 1.82) is 0 Å². The second-order valence-electron chi connectivity index (χ2n) is 3.91. The van der Waals surface area contributed by atoms with Gasteiger partial charge in [0.25, 0.3) is 11.8 Å². The monoisotopic (exact) mass is 271 g/mol. The molecule has 1 aliphatic rings. The Balaban J connectivity index is 2.26. The van der Waals surface area contributed by atoms with Crippen LogP contribution in [0, 0.1) is 0 Å². The van der Waals surface area contributed by atoms with Crippen LogP contribution in [-0.2, 0) is 24.0 Å². The van der Waals surface area contributed by atoms with E-state index in [9.17, 15) is 19.2 Å². The van der Waals surface area contributed by atoms with E-state index >= 15 is 0 Å². The fourth-order valence-corrected chi connectivity index (χ4v) is 1.27. The fraction of sp³-hybridized carbons (Fsp3) is 0.556. The molecule has 0 aliphatic carbocycles. The third-order valence-electron chi connectivity index (χ3n) is 2.18. The number of amides is 3. The number of nitrogens with one attached hydrogen (secondary N) is 2. The Morgan fingerprint density at radius 3 is 2.42 bits per heavy atom. The molecule has 0 aromatic rings. The van der Waals surface area contributed by atoms with Crippen LogP contribution in [0.15, 0.2) is 0 Å². The first-order valence-corrected chi connectivity index (χ1v) is 5.69. The van der Waals surface area contributed by atoms with Crippen molar-refractivity contribution in [3.8, 4) is 0 Å². The summed E-state index contributed by atoms with van der Waals surface area (Å²) >= 11 is 0. The minimum Gasteiger partial charge on any atom is -0.436 e. The number of carbonyl (C=O) groups excluding carboxylic acids is 4. The quantitative estimate of drug-likeness (QED) is 0.293. The largest absolute Gasteiger partial charge is 0.436 e. The Labute approximate surface area is 109 Å². The van der Waals surface area contributed by atoms with Gasteiger partial charge in [0.05, 0.1) is 6.42 Å². The molecule has 10 heteroatoms. The predicted molar refractivity (Wildman–Crippen MR) is 61.5 cm³/mol. The van der Waals surface area contributed by atoms with Crippen LogP contribution in [0.4, 0.5) is 0 Å². The lowest BCUT2D eigenvalue weighted by Gasteiger charge is -2.12. The first-order chi connectivity index (χ1) is 8.90. The zero-order chi connectivity index (χ0) is 14.4. The summed E-state index contributed by atoms with van der Waals surface area (Å²) in [6, 6.07) is 0. The van der Waals surface area contributed by atoms with E-state index < -0.39 is 30.7 Å². The third kappa shape index (κ3) is 5.06. The lowest BCUT2D eigenvalue weighted by atomic mass is 9.91. The van der Waals surface area contributed by atoms with Gasteiger partial charge < -0.3 is 15.3 Å².